The summed E-state index contributed by atoms with van der Waals surface area (Å²) in [7, 11) is 0. The fraction of sp³-hybridized carbons (Fsp3) is 0. The van der Waals surface area contributed by atoms with Crippen molar-refractivity contribution in [3.8, 4) is 62.2 Å². The lowest BCUT2D eigenvalue weighted by atomic mass is 10.0. The summed E-state index contributed by atoms with van der Waals surface area (Å²) in [6.45, 7) is 7.36. The topological polar surface area (TPSA) is 79.7 Å². The van der Waals surface area contributed by atoms with Crippen LogP contribution in [0.1, 0.15) is 5.56 Å². The second-order valence-electron chi connectivity index (χ2n) is 11.3. The van der Waals surface area contributed by atoms with Gasteiger partial charge in [-0.2, -0.15) is 5.26 Å². The smallest absolute Gasteiger partial charge is 0.187 e. The summed E-state index contributed by atoms with van der Waals surface area (Å²) in [6, 6.07) is 49.4. The van der Waals surface area contributed by atoms with Crippen molar-refractivity contribution in [2.45, 2.75) is 0 Å². The Labute approximate surface area is 277 Å². The van der Waals surface area contributed by atoms with E-state index in [1.54, 1.807) is 12.1 Å². The van der Waals surface area contributed by atoms with Crippen LogP contribution in [-0.2, 0) is 0 Å². The minimum absolute atomic E-state index is 0.579. The third-order valence-electron chi connectivity index (χ3n) is 8.31. The molecule has 0 aliphatic carbocycles. The van der Waals surface area contributed by atoms with E-state index in [0.717, 1.165) is 78.2 Å². The SMILES string of the molecule is [C-]#[N+]c1ccc(-c2nc3cc(-c4ccc5nc(-c6ccc(C#N)cc6)c(-c6ccccc6)nc5c4)ccc3nc2-c2ccccc2)cc1. The lowest BCUT2D eigenvalue weighted by Crippen LogP contribution is -1.97. The largest absolute Gasteiger partial charge is 0.244 e. The molecular formula is C42H24N6. The molecule has 0 aliphatic rings. The van der Waals surface area contributed by atoms with Crippen molar-refractivity contribution in [1.82, 2.24) is 19.9 Å². The number of benzene rings is 6. The minimum atomic E-state index is 0.579. The molecule has 0 amide bonds. The lowest BCUT2D eigenvalue weighted by molar-refractivity contribution is 1.29. The van der Waals surface area contributed by atoms with Gasteiger partial charge in [0, 0.05) is 16.7 Å². The number of hydrogen-bond donors (Lipinski definition) is 0. The maximum Gasteiger partial charge on any atom is 0.187 e. The number of rotatable bonds is 5. The van der Waals surface area contributed by atoms with Crippen LogP contribution >= 0.6 is 0 Å². The van der Waals surface area contributed by atoms with Crippen molar-refractivity contribution in [2.75, 3.05) is 0 Å². The zero-order chi connectivity index (χ0) is 32.5. The van der Waals surface area contributed by atoms with E-state index in [0.29, 0.717) is 11.3 Å². The summed E-state index contributed by atoms with van der Waals surface area (Å²) in [5.74, 6) is 0. The average molecular weight is 613 g/mol. The average Bonchev–Trinajstić information content (AvgIpc) is 3.17. The highest BCUT2D eigenvalue weighted by Crippen LogP contribution is 2.35. The molecule has 0 atom stereocenters. The van der Waals surface area contributed by atoms with E-state index in [1.807, 2.05) is 109 Å². The highest BCUT2D eigenvalue weighted by Gasteiger charge is 2.16. The van der Waals surface area contributed by atoms with E-state index in [4.69, 9.17) is 26.5 Å². The van der Waals surface area contributed by atoms with Crippen molar-refractivity contribution in [2.24, 2.45) is 0 Å². The van der Waals surface area contributed by atoms with Crippen molar-refractivity contribution in [1.29, 1.82) is 5.26 Å². The van der Waals surface area contributed by atoms with Crippen molar-refractivity contribution < 1.29 is 0 Å². The van der Waals surface area contributed by atoms with Crippen LogP contribution in [0.25, 0.3) is 83.1 Å². The molecule has 0 bridgehead atoms. The summed E-state index contributed by atoms with van der Waals surface area (Å²) in [5.41, 5.74) is 13.1. The molecular weight excluding hydrogens is 589 g/mol. The molecule has 0 saturated heterocycles. The zero-order valence-corrected chi connectivity index (χ0v) is 25.5. The van der Waals surface area contributed by atoms with E-state index in [9.17, 15) is 5.26 Å². The van der Waals surface area contributed by atoms with Crippen LogP contribution in [0.2, 0.25) is 0 Å². The fourth-order valence-corrected chi connectivity index (χ4v) is 5.86. The summed E-state index contributed by atoms with van der Waals surface area (Å²) >= 11 is 0. The predicted molar refractivity (Wildman–Crippen MR) is 191 cm³/mol. The van der Waals surface area contributed by atoms with Gasteiger partial charge in [0.05, 0.1) is 63.0 Å². The van der Waals surface area contributed by atoms with E-state index >= 15 is 0 Å². The standard InChI is InChI=1S/C42H24N6/c1-44-34-20-16-31(17-21-34)42-39(28-8-4-2-5-9-28)45-35-22-18-33(25-38(35)48-42)32-19-23-36-37(24-32)47-40(29-10-6-3-7-11-29)41(46-36)30-14-12-27(26-43)13-15-30/h2-25H. The summed E-state index contributed by atoms with van der Waals surface area (Å²) in [4.78, 5) is 24.0. The molecule has 8 aromatic rings. The van der Waals surface area contributed by atoms with Gasteiger partial charge in [-0.25, -0.2) is 24.8 Å². The van der Waals surface area contributed by atoms with Gasteiger partial charge < -0.3 is 0 Å². The molecule has 222 valence electrons. The second-order valence-corrected chi connectivity index (χ2v) is 11.3. The molecule has 0 fully saturated rings. The quantitative estimate of drug-likeness (QED) is 0.181. The predicted octanol–water partition coefficient (Wildman–Crippen LogP) is 10.3. The van der Waals surface area contributed by atoms with Gasteiger partial charge in [0.1, 0.15) is 0 Å². The monoisotopic (exact) mass is 612 g/mol. The van der Waals surface area contributed by atoms with Gasteiger partial charge in [0.2, 0.25) is 0 Å². The first-order valence-electron chi connectivity index (χ1n) is 15.4. The number of nitrogens with zero attached hydrogens (tertiary/aromatic N) is 6. The Bertz CT molecular complexity index is 2550. The fourth-order valence-electron chi connectivity index (χ4n) is 5.86. The number of hydrogen-bond acceptors (Lipinski definition) is 5. The third kappa shape index (κ3) is 5.30. The van der Waals surface area contributed by atoms with E-state index < -0.39 is 0 Å². The van der Waals surface area contributed by atoms with Gasteiger partial charge >= 0.3 is 0 Å². The Morgan fingerprint density at radius 2 is 0.792 bits per heavy atom. The Kier molecular flexibility index (Phi) is 7.15. The number of aromatic nitrogens is 4. The van der Waals surface area contributed by atoms with Crippen LogP contribution in [-0.4, -0.2) is 19.9 Å². The molecule has 48 heavy (non-hydrogen) atoms. The lowest BCUT2D eigenvalue weighted by Gasteiger charge is -2.13. The Morgan fingerprint density at radius 3 is 1.21 bits per heavy atom. The number of nitriles is 1. The van der Waals surface area contributed by atoms with Crippen LogP contribution in [0.3, 0.4) is 0 Å². The van der Waals surface area contributed by atoms with Crippen LogP contribution in [0.15, 0.2) is 146 Å². The van der Waals surface area contributed by atoms with Crippen molar-refractivity contribution in [3.63, 3.8) is 0 Å². The van der Waals surface area contributed by atoms with E-state index in [2.05, 4.69) is 35.2 Å². The Morgan fingerprint density at radius 1 is 0.417 bits per heavy atom. The highest BCUT2D eigenvalue weighted by molar-refractivity contribution is 5.92. The molecule has 2 heterocycles. The molecule has 6 aromatic carbocycles. The normalized spacial score (nSPS) is 10.9. The summed E-state index contributed by atoms with van der Waals surface area (Å²) in [5, 5.41) is 9.30. The summed E-state index contributed by atoms with van der Waals surface area (Å²) < 4.78 is 0. The molecule has 0 spiro atoms. The molecule has 8 rings (SSSR count). The van der Waals surface area contributed by atoms with Gasteiger partial charge in [-0.3, -0.25) is 0 Å². The first-order chi connectivity index (χ1) is 23.7. The Hall–Kier alpha value is -7.02. The van der Waals surface area contributed by atoms with Gasteiger partial charge in [0.25, 0.3) is 0 Å². The van der Waals surface area contributed by atoms with Gasteiger partial charge in [0.15, 0.2) is 5.69 Å². The first kappa shape index (κ1) is 28.5. The molecule has 0 unspecified atom stereocenters. The number of fused-ring (bicyclic) bond motifs is 2. The van der Waals surface area contributed by atoms with E-state index in [-0.39, 0.29) is 0 Å². The van der Waals surface area contributed by atoms with Gasteiger partial charge in [-0.1, -0.05) is 109 Å². The minimum Gasteiger partial charge on any atom is -0.244 e. The molecule has 0 N–H and O–H groups in total. The molecule has 2 aromatic heterocycles. The van der Waals surface area contributed by atoms with Gasteiger partial charge in [-0.15, -0.1) is 0 Å². The molecule has 6 nitrogen and oxygen atoms in total. The van der Waals surface area contributed by atoms with E-state index in [1.165, 1.54) is 0 Å². The van der Waals surface area contributed by atoms with Crippen LogP contribution in [0.4, 0.5) is 5.69 Å². The zero-order valence-electron chi connectivity index (χ0n) is 25.5. The van der Waals surface area contributed by atoms with Crippen molar-refractivity contribution >= 4 is 27.8 Å². The Balaban J connectivity index is 1.26. The summed E-state index contributed by atoms with van der Waals surface area (Å²) in [6.07, 6.45) is 0. The van der Waals surface area contributed by atoms with Crippen LogP contribution < -0.4 is 0 Å². The van der Waals surface area contributed by atoms with Crippen molar-refractivity contribution in [3.05, 3.63) is 163 Å². The molecule has 0 saturated carbocycles. The highest BCUT2D eigenvalue weighted by atomic mass is 14.8. The van der Waals surface area contributed by atoms with Crippen LogP contribution in [0.5, 0.6) is 0 Å². The maximum absolute atomic E-state index is 9.30. The molecule has 0 radical (unpaired) electrons. The van der Waals surface area contributed by atoms with Gasteiger partial charge in [-0.05, 0) is 53.1 Å². The van der Waals surface area contributed by atoms with Crippen LogP contribution in [0, 0.1) is 17.9 Å². The second kappa shape index (κ2) is 12.1. The maximum atomic E-state index is 9.30. The third-order valence-corrected chi connectivity index (χ3v) is 8.31. The molecule has 6 heteroatoms. The first-order valence-corrected chi connectivity index (χ1v) is 15.4. The molecule has 0 aliphatic heterocycles.